The zero-order valence-electron chi connectivity index (χ0n) is 72.7. The van der Waals surface area contributed by atoms with Gasteiger partial charge in [-0.3, -0.25) is 23.7 Å². The summed E-state index contributed by atoms with van der Waals surface area (Å²) in [6, 6.07) is 113. The van der Waals surface area contributed by atoms with Gasteiger partial charge in [-0.15, -0.1) is 0 Å². The quantitative estimate of drug-likeness (QED) is 0.132. The maximum absolute atomic E-state index is 5.16. The standard InChI is InChI=1S/3C38H26N6/c1-38(2)29-20-17-25-21-39-22-40-33(25)31(29)28-19-18-27-26-15-9-10-16-30(26)44(34(27)32(28)38)37-42-35(23-11-5-3-6-12-23)41-36(43-37)24-13-7-4-8-14-24;1-38(2)29-19-20-30-28(21-39-22-40-30)32(29)27-18-17-26-25-15-9-10-16-31(25)44(34(26)33(27)38)37-42-35(23-11-5-3-6-12-23)41-36(43-37)24-13-7-4-8-14-24;1-38(2)28-19-20-29-33(40-22-21-39-29)31(28)27-18-17-26-25-15-9-10-16-30(25)44(34(26)32(27)38)37-42-35(23-11-5-3-6-12-23)41-36(43-37)24-13-7-4-8-14-24/h3*3-22H,1-2H3. The van der Waals surface area contributed by atoms with Gasteiger partial charge in [0.25, 0.3) is 0 Å². The van der Waals surface area contributed by atoms with Crippen molar-refractivity contribution in [3.8, 4) is 120 Å². The Kier molecular flexibility index (Phi) is 17.5. The van der Waals surface area contributed by atoms with Crippen molar-refractivity contribution in [2.45, 2.75) is 57.8 Å². The second kappa shape index (κ2) is 29.9. The predicted molar refractivity (Wildman–Crippen MR) is 527 cm³/mol. The van der Waals surface area contributed by atoms with Crippen LogP contribution in [0.25, 0.3) is 218 Å². The van der Waals surface area contributed by atoms with Crippen LogP contribution < -0.4 is 0 Å². The molecule has 3 aliphatic rings. The number of rotatable bonds is 9. The maximum Gasteiger partial charge on any atom is 0.238 e. The molecule has 0 amide bonds. The van der Waals surface area contributed by atoms with E-state index in [1.54, 1.807) is 25.0 Å². The van der Waals surface area contributed by atoms with Crippen LogP contribution >= 0.6 is 0 Å². The van der Waals surface area contributed by atoms with Crippen LogP contribution in [0.1, 0.15) is 74.9 Å². The number of para-hydroxylation sites is 3. The zero-order chi connectivity index (χ0) is 88.2. The number of benzene rings is 15. The summed E-state index contributed by atoms with van der Waals surface area (Å²) in [4.78, 5) is 73.3. The van der Waals surface area contributed by atoms with E-state index in [1.165, 1.54) is 77.4 Å². The molecular weight excluding hydrogens is 1620 g/mol. The topological polar surface area (TPSA) is 208 Å². The summed E-state index contributed by atoms with van der Waals surface area (Å²) < 4.78 is 6.73. The van der Waals surface area contributed by atoms with E-state index in [1.807, 2.05) is 194 Å². The molecule has 27 rings (SSSR count). The number of fused-ring (bicyclic) bond motifs is 27. The molecule has 624 valence electrons. The van der Waals surface area contributed by atoms with Crippen LogP contribution in [-0.2, 0) is 16.2 Å². The molecule has 0 aliphatic heterocycles. The third kappa shape index (κ3) is 12.0. The van der Waals surface area contributed by atoms with Crippen molar-refractivity contribution in [3.05, 3.63) is 398 Å². The molecule has 132 heavy (non-hydrogen) atoms. The molecule has 9 aromatic heterocycles. The predicted octanol–water partition coefficient (Wildman–Crippen LogP) is 25.7. The Morgan fingerprint density at radius 3 is 0.924 bits per heavy atom. The molecule has 0 unspecified atom stereocenters. The largest absolute Gasteiger partial charge is 0.277 e. The summed E-state index contributed by atoms with van der Waals surface area (Å²) in [5.74, 6) is 5.60. The fourth-order valence-corrected chi connectivity index (χ4v) is 21.0. The summed E-state index contributed by atoms with van der Waals surface area (Å²) in [5.41, 5.74) is 29.6. The van der Waals surface area contributed by atoms with Crippen molar-refractivity contribution in [1.82, 2.24) is 88.5 Å². The first-order valence-corrected chi connectivity index (χ1v) is 44.3. The molecule has 0 spiro atoms. The highest BCUT2D eigenvalue weighted by Crippen LogP contribution is 2.59. The summed E-state index contributed by atoms with van der Waals surface area (Å²) in [6.07, 6.45) is 10.6. The molecule has 0 N–H and O–H groups in total. The van der Waals surface area contributed by atoms with E-state index in [-0.39, 0.29) is 16.2 Å². The fraction of sp³-hybridized carbons (Fsp3) is 0.0789. The highest BCUT2D eigenvalue weighted by Gasteiger charge is 2.44. The lowest BCUT2D eigenvalue weighted by molar-refractivity contribution is 0.663. The van der Waals surface area contributed by atoms with Gasteiger partial charge in [0.2, 0.25) is 17.8 Å². The van der Waals surface area contributed by atoms with Crippen molar-refractivity contribution in [2.24, 2.45) is 0 Å². The van der Waals surface area contributed by atoms with Gasteiger partial charge in [-0.1, -0.05) is 339 Å². The fourth-order valence-electron chi connectivity index (χ4n) is 21.0. The Balaban J connectivity index is 0.000000106. The van der Waals surface area contributed by atoms with E-state index in [4.69, 9.17) is 54.8 Å². The molecule has 18 heteroatoms. The van der Waals surface area contributed by atoms with Crippen LogP contribution in [0.15, 0.2) is 365 Å². The Morgan fingerprint density at radius 1 is 0.227 bits per heavy atom. The van der Waals surface area contributed by atoms with Crippen molar-refractivity contribution in [2.75, 3.05) is 0 Å². The molecule has 0 atom stereocenters. The van der Waals surface area contributed by atoms with Gasteiger partial charge in [-0.05, 0) is 86.0 Å². The molecule has 24 aromatic rings. The number of nitrogens with zero attached hydrogens (tertiary/aromatic N) is 18. The first-order valence-electron chi connectivity index (χ1n) is 44.3. The zero-order valence-corrected chi connectivity index (χ0v) is 72.7. The van der Waals surface area contributed by atoms with Crippen LogP contribution in [0, 0.1) is 0 Å². The van der Waals surface area contributed by atoms with E-state index in [9.17, 15) is 0 Å². The molecule has 0 saturated heterocycles. The molecular formula is C114H78N18. The van der Waals surface area contributed by atoms with Crippen LogP contribution in [-0.4, -0.2) is 88.5 Å². The molecule has 9 heterocycles. The summed E-state index contributed by atoms with van der Waals surface area (Å²) >= 11 is 0. The van der Waals surface area contributed by atoms with Gasteiger partial charge in [0, 0.05) is 129 Å². The molecule has 0 bridgehead atoms. The number of aromatic nitrogens is 18. The van der Waals surface area contributed by atoms with E-state index in [0.717, 1.165) is 121 Å². The SMILES string of the molecule is CC1(C)c2ccc3cncnc3c2-c2ccc3c4ccccc4n(-c4nc(-c5ccccc5)nc(-c5ccccc5)n4)c3c21.CC1(C)c2ccc3nccnc3c2-c2ccc3c4ccccc4n(-c4nc(-c5ccccc5)nc(-c5ccccc5)n4)c3c21.CC1(C)c2ccc3ncncc3c2-c2ccc3c4ccccc4n(-c4nc(-c5ccccc5)nc(-c5ccccc5)n4)c3c21. The second-order valence-corrected chi connectivity index (χ2v) is 35.4. The van der Waals surface area contributed by atoms with Crippen molar-refractivity contribution in [3.63, 3.8) is 0 Å². The third-order valence-corrected chi connectivity index (χ3v) is 26.9. The second-order valence-electron chi connectivity index (χ2n) is 35.4. The van der Waals surface area contributed by atoms with E-state index in [2.05, 4.69) is 221 Å². The van der Waals surface area contributed by atoms with Gasteiger partial charge in [0.1, 0.15) is 12.7 Å². The Morgan fingerprint density at radius 2 is 0.538 bits per heavy atom. The van der Waals surface area contributed by atoms with Crippen molar-refractivity contribution >= 4 is 98.3 Å². The average Bonchev–Trinajstić information content (AvgIpc) is 1.54. The molecule has 18 nitrogen and oxygen atoms in total. The van der Waals surface area contributed by atoms with E-state index in [0.29, 0.717) is 52.8 Å². The maximum atomic E-state index is 5.16. The lowest BCUT2D eigenvalue weighted by Crippen LogP contribution is -2.17. The van der Waals surface area contributed by atoms with E-state index >= 15 is 0 Å². The Bertz CT molecular complexity index is 7870. The monoisotopic (exact) mass is 1700 g/mol. The minimum Gasteiger partial charge on any atom is -0.277 e. The van der Waals surface area contributed by atoms with Gasteiger partial charge in [0.05, 0.1) is 55.2 Å². The molecule has 0 fully saturated rings. The van der Waals surface area contributed by atoms with Gasteiger partial charge in [-0.2, -0.15) is 29.9 Å². The molecule has 0 radical (unpaired) electrons. The van der Waals surface area contributed by atoms with Crippen molar-refractivity contribution < 1.29 is 0 Å². The van der Waals surface area contributed by atoms with Gasteiger partial charge < -0.3 is 0 Å². The first-order chi connectivity index (χ1) is 64.8. The number of hydrogen-bond donors (Lipinski definition) is 0. The highest BCUT2D eigenvalue weighted by molar-refractivity contribution is 6.18. The number of hydrogen-bond acceptors (Lipinski definition) is 15. The Hall–Kier alpha value is -17.3. The van der Waals surface area contributed by atoms with Crippen LogP contribution in [0.4, 0.5) is 0 Å². The smallest absolute Gasteiger partial charge is 0.238 e. The normalized spacial score (nSPS) is 13.4. The first kappa shape index (κ1) is 77.1. The minimum absolute atomic E-state index is 0.294. The summed E-state index contributed by atoms with van der Waals surface area (Å²) in [5, 5.41) is 9.08. The van der Waals surface area contributed by atoms with Gasteiger partial charge in [0.15, 0.2) is 34.9 Å². The Labute approximate surface area is 757 Å². The lowest BCUT2D eigenvalue weighted by atomic mass is 9.81. The molecule has 15 aromatic carbocycles. The van der Waals surface area contributed by atoms with Crippen molar-refractivity contribution in [1.29, 1.82) is 0 Å². The summed E-state index contributed by atoms with van der Waals surface area (Å²) in [7, 11) is 0. The lowest BCUT2D eigenvalue weighted by Gasteiger charge is -2.23. The minimum atomic E-state index is -0.306. The highest BCUT2D eigenvalue weighted by atomic mass is 15.2. The molecule has 0 saturated carbocycles. The molecule has 3 aliphatic carbocycles. The van der Waals surface area contributed by atoms with Crippen LogP contribution in [0.3, 0.4) is 0 Å². The van der Waals surface area contributed by atoms with Crippen LogP contribution in [0.2, 0.25) is 0 Å². The summed E-state index contributed by atoms with van der Waals surface area (Å²) in [6.45, 7) is 13.9. The third-order valence-electron chi connectivity index (χ3n) is 26.9. The van der Waals surface area contributed by atoms with E-state index < -0.39 is 0 Å². The average molecular weight is 1700 g/mol. The van der Waals surface area contributed by atoms with Gasteiger partial charge in [-0.25, -0.2) is 34.9 Å². The van der Waals surface area contributed by atoms with Gasteiger partial charge >= 0.3 is 0 Å². The van der Waals surface area contributed by atoms with Crippen LogP contribution in [0.5, 0.6) is 0 Å².